The molecule has 4 rings (SSSR count). The number of rotatable bonds is 7. The van der Waals surface area contributed by atoms with Gasteiger partial charge in [0.05, 0.1) is 0 Å². The summed E-state index contributed by atoms with van der Waals surface area (Å²) in [4.78, 5) is 44.8. The number of halogens is 1. The number of carbonyl (C=O) groups excluding carboxylic acids is 3. The molecule has 1 aromatic heterocycles. The molecule has 1 radical (unpaired) electrons. The van der Waals surface area contributed by atoms with Gasteiger partial charge in [-0.2, -0.15) is 0 Å². The Bertz CT molecular complexity index is 1120. The van der Waals surface area contributed by atoms with Crippen LogP contribution in [0.2, 0.25) is 0 Å². The average molecular weight is 550 g/mol. The first-order valence-corrected chi connectivity index (χ1v) is 13.5. The van der Waals surface area contributed by atoms with Gasteiger partial charge in [0.15, 0.2) is 0 Å². The Morgan fingerprint density at radius 1 is 1.26 bits per heavy atom. The van der Waals surface area contributed by atoms with Crippen LogP contribution in [0.5, 0.6) is 0 Å². The molecule has 6 N–H and O–H groups in total. The minimum atomic E-state index is -1.13. The van der Waals surface area contributed by atoms with Crippen LogP contribution in [0.4, 0.5) is 20.9 Å². The second-order valence-electron chi connectivity index (χ2n) is 8.26. The van der Waals surface area contributed by atoms with E-state index in [4.69, 9.17) is 11.5 Å². The van der Waals surface area contributed by atoms with Gasteiger partial charge in [0.2, 0.25) is 0 Å². The molecule has 2 aromatic rings. The van der Waals surface area contributed by atoms with Gasteiger partial charge in [-0.25, -0.2) is 0 Å². The van der Waals surface area contributed by atoms with Crippen molar-refractivity contribution in [2.24, 2.45) is 5.73 Å². The van der Waals surface area contributed by atoms with Gasteiger partial charge in [-0.05, 0) is 0 Å². The molecule has 0 aliphatic carbocycles. The van der Waals surface area contributed by atoms with Gasteiger partial charge in [0.1, 0.15) is 0 Å². The van der Waals surface area contributed by atoms with Crippen LogP contribution in [0.15, 0.2) is 17.5 Å². The molecule has 2 saturated heterocycles. The van der Waals surface area contributed by atoms with Gasteiger partial charge in [-0.15, -0.1) is 0 Å². The number of hydrogen-bond acceptors (Lipinski definition) is 9. The van der Waals surface area contributed by atoms with Crippen LogP contribution in [0.1, 0.15) is 23.3 Å². The number of piperazine rings is 1. The van der Waals surface area contributed by atoms with Crippen LogP contribution in [0.3, 0.4) is 0 Å². The van der Waals surface area contributed by atoms with Gasteiger partial charge in [-0.3, -0.25) is 0 Å². The fourth-order valence-electron chi connectivity index (χ4n) is 4.21. The van der Waals surface area contributed by atoms with Gasteiger partial charge < -0.3 is 0 Å². The number of thiazole rings is 1. The van der Waals surface area contributed by atoms with Crippen molar-refractivity contribution in [3.8, 4) is 0 Å². The van der Waals surface area contributed by atoms with E-state index in [1.807, 2.05) is 9.80 Å². The first-order chi connectivity index (χ1) is 16.2. The zero-order valence-corrected chi connectivity index (χ0v) is 21.3. The van der Waals surface area contributed by atoms with Crippen molar-refractivity contribution in [2.45, 2.75) is 18.4 Å². The number of amides is 2. The molecule has 0 spiro atoms. The first-order valence-electron chi connectivity index (χ1n) is 10.8. The summed E-state index contributed by atoms with van der Waals surface area (Å²) < 4.78 is 15.5. The summed E-state index contributed by atoms with van der Waals surface area (Å²) in [6, 6.07) is 2.90. The van der Waals surface area contributed by atoms with E-state index in [-0.39, 0.29) is 22.7 Å². The Hall–Kier alpha value is -2.69. The molecule has 0 unspecified atom stereocenters. The molecule has 2 amide bonds. The van der Waals surface area contributed by atoms with Gasteiger partial charge in [-0.1, -0.05) is 0 Å². The fraction of sp³-hybridized carbons (Fsp3) is 0.429. The number of benzene rings is 1. The van der Waals surface area contributed by atoms with E-state index in [0.717, 1.165) is 0 Å². The number of nitrogens with zero attached hydrogens (tertiary/aromatic N) is 3. The van der Waals surface area contributed by atoms with Crippen LogP contribution in [0.25, 0.3) is 0 Å². The van der Waals surface area contributed by atoms with Crippen LogP contribution in [-0.4, -0.2) is 82.4 Å². The Labute approximate surface area is 206 Å². The average Bonchev–Trinajstić information content (AvgIpc) is 3.29. The number of hydrogen-bond donors (Lipinski definition) is 4. The Morgan fingerprint density at radius 3 is 2.65 bits per heavy atom. The number of aromatic nitrogens is 1. The normalized spacial score (nSPS) is 18.4. The Morgan fingerprint density at radius 2 is 2.00 bits per heavy atom. The first kappa shape index (κ1) is 24.4. The van der Waals surface area contributed by atoms with E-state index in [1.54, 1.807) is 18.5 Å². The molecule has 0 atom stereocenters. The van der Waals surface area contributed by atoms with E-state index in [2.05, 4.69) is 15.6 Å². The molecule has 13 heteroatoms. The Kier molecular flexibility index (Phi) is 7.11. The number of anilines is 3. The predicted octanol–water partition coefficient (Wildman–Crippen LogP) is -0.986. The number of likely N-dealkylation sites (N-methyl/N-ethyl adjacent to an activating group) is 1. The zero-order valence-electron chi connectivity index (χ0n) is 18.6. The summed E-state index contributed by atoms with van der Waals surface area (Å²) in [5.41, 5.74) is 11.6. The third kappa shape index (κ3) is 4.89. The van der Waals surface area contributed by atoms with Crippen LogP contribution >= 0.6 is 11.3 Å². The second kappa shape index (κ2) is 9.89. The molecular weight excluding hydrogens is 524 g/mol. The van der Waals surface area contributed by atoms with Crippen molar-refractivity contribution >= 4 is 64.3 Å². The van der Waals surface area contributed by atoms with Crippen molar-refractivity contribution in [1.29, 1.82) is 0 Å². The predicted molar refractivity (Wildman–Crippen MR) is 130 cm³/mol. The van der Waals surface area contributed by atoms with Crippen molar-refractivity contribution < 1.29 is 18.8 Å². The van der Waals surface area contributed by atoms with Gasteiger partial charge >= 0.3 is 207 Å². The van der Waals surface area contributed by atoms with E-state index >= 15 is 4.39 Å². The maximum absolute atomic E-state index is 15.1. The van der Waals surface area contributed by atoms with Crippen molar-refractivity contribution in [3.63, 3.8) is 0 Å². The van der Waals surface area contributed by atoms with Gasteiger partial charge in [0.25, 0.3) is 0 Å². The van der Waals surface area contributed by atoms with Crippen LogP contribution in [0, 0.1) is 5.82 Å². The quantitative estimate of drug-likeness (QED) is 0.254. The van der Waals surface area contributed by atoms with Crippen molar-refractivity contribution in [2.75, 3.05) is 55.3 Å². The molecule has 0 bridgehead atoms. The number of nitrogens with two attached hydrogens (primary N) is 2. The van der Waals surface area contributed by atoms with E-state index in [0.29, 0.717) is 59.9 Å². The molecular formula is C21H26AsFN7O3S. The number of nitrogens with one attached hydrogen (secondary N) is 2. The summed E-state index contributed by atoms with van der Waals surface area (Å²) in [6.07, 6.45) is 0.844. The molecule has 0 saturated carbocycles. The molecule has 2 aliphatic rings. The molecule has 1 aromatic carbocycles. The summed E-state index contributed by atoms with van der Waals surface area (Å²) in [5.74, 6) is -1.01. The van der Waals surface area contributed by atoms with Crippen molar-refractivity contribution in [3.05, 3.63) is 29.0 Å². The molecule has 34 heavy (non-hydrogen) atoms. The molecule has 10 nitrogen and oxygen atoms in total. The maximum atomic E-state index is 15.1. The zero-order chi connectivity index (χ0) is 24.5. The summed E-state index contributed by atoms with van der Waals surface area (Å²) in [6.45, 7) is 2.17. The molecule has 181 valence electrons. The summed E-state index contributed by atoms with van der Waals surface area (Å²) >= 11 is 0.179. The standard InChI is InChI=1S/C21H26AsFN7O3S/c1-26-21(19(25)33)2-5-29(6-3-21)17-13(8-12(24)9-14(17)23)22-18(32)15-11-34-20(28-15)30-7-4-27-16(31)10-30/h8-9,11,26H,2-7,10,24H2,1H3,(H2,25,33)(H,27,31). The number of primary amides is 1. The number of nitrogen functional groups attached to an aromatic ring is 1. The fourth-order valence-corrected chi connectivity index (χ4v) is 7.36. The summed E-state index contributed by atoms with van der Waals surface area (Å²) in [7, 11) is 1.69. The van der Waals surface area contributed by atoms with Crippen LogP contribution in [-0.2, 0) is 9.59 Å². The number of carbonyl (C=O) groups is 3. The minimum absolute atomic E-state index is 0.0827. The summed E-state index contributed by atoms with van der Waals surface area (Å²) in [5, 5.41) is 8.07. The van der Waals surface area contributed by atoms with E-state index in [9.17, 15) is 14.4 Å². The third-order valence-electron chi connectivity index (χ3n) is 6.19. The van der Waals surface area contributed by atoms with E-state index < -0.39 is 33.0 Å². The van der Waals surface area contributed by atoms with E-state index in [1.165, 1.54) is 17.4 Å². The van der Waals surface area contributed by atoms with Crippen LogP contribution < -0.4 is 36.3 Å². The second-order valence-corrected chi connectivity index (χ2v) is 11.4. The van der Waals surface area contributed by atoms with Crippen molar-refractivity contribution in [1.82, 2.24) is 15.6 Å². The van der Waals surface area contributed by atoms with Gasteiger partial charge in [0, 0.05) is 0 Å². The molecule has 2 aliphatic heterocycles. The SMILES string of the molecule is CNC1(C(N)=O)CCN(c2c(F)cc(N)cc2[As]C(=O)c2csc(N3CCNC(=O)C3)n2)CC1. The molecule has 3 heterocycles. The number of piperidine rings is 1. The monoisotopic (exact) mass is 550 g/mol. The third-order valence-corrected chi connectivity index (χ3v) is 9.22. The molecule has 2 fully saturated rings. The Balaban J connectivity index is 1.53. The topological polar surface area (TPSA) is 147 Å².